The summed E-state index contributed by atoms with van der Waals surface area (Å²) in [5.74, 6) is 1.03. The Labute approximate surface area is 123 Å². The van der Waals surface area contributed by atoms with Crippen LogP contribution in [0.3, 0.4) is 0 Å². The average Bonchev–Trinajstić information content (AvgIpc) is 2.49. The maximum atomic E-state index is 10.9. The third-order valence-corrected chi connectivity index (χ3v) is 3.33. The molecule has 0 saturated heterocycles. The lowest BCUT2D eigenvalue weighted by Crippen LogP contribution is -1.96. The minimum atomic E-state index is -0.487. The van der Waals surface area contributed by atoms with E-state index in [0.717, 1.165) is 5.56 Å². The van der Waals surface area contributed by atoms with Gasteiger partial charge in [0, 0.05) is 6.07 Å². The molecule has 0 aliphatic carbocycles. The van der Waals surface area contributed by atoms with Crippen molar-refractivity contribution in [3.8, 4) is 11.5 Å². The molecule has 0 amide bonds. The number of aliphatic hydroxyl groups is 1. The van der Waals surface area contributed by atoms with Gasteiger partial charge in [-0.25, -0.2) is 0 Å². The Bertz CT molecular complexity index is 637. The first-order chi connectivity index (χ1) is 10.0. The molecule has 0 aliphatic rings. The number of nitrogens with zero attached hydrogens (tertiary/aromatic N) is 1. The number of ether oxygens (including phenoxy) is 1. The highest BCUT2D eigenvalue weighted by Gasteiger charge is 2.14. The van der Waals surface area contributed by atoms with Crippen LogP contribution in [0.5, 0.6) is 11.5 Å². The van der Waals surface area contributed by atoms with E-state index in [4.69, 9.17) is 4.74 Å². The molecule has 1 N–H and O–H groups in total. The van der Waals surface area contributed by atoms with Crippen LogP contribution in [0.1, 0.15) is 30.6 Å². The summed E-state index contributed by atoms with van der Waals surface area (Å²) in [5, 5.41) is 20.6. The Morgan fingerprint density at radius 1 is 1.24 bits per heavy atom. The minimum Gasteiger partial charge on any atom is -0.457 e. The van der Waals surface area contributed by atoms with Gasteiger partial charge in [0.1, 0.15) is 11.5 Å². The number of benzene rings is 2. The molecule has 0 unspecified atom stereocenters. The van der Waals surface area contributed by atoms with Crippen LogP contribution in [0.4, 0.5) is 5.69 Å². The zero-order valence-corrected chi connectivity index (χ0v) is 11.9. The molecule has 0 radical (unpaired) electrons. The molecule has 5 heteroatoms. The Morgan fingerprint density at radius 2 is 1.90 bits per heavy atom. The van der Waals surface area contributed by atoms with E-state index in [1.165, 1.54) is 6.07 Å². The molecule has 21 heavy (non-hydrogen) atoms. The lowest BCUT2D eigenvalue weighted by Gasteiger charge is -2.11. The molecule has 0 saturated carbocycles. The standard InChI is InChI=1S/C16H17NO4/c1-3-15(18)12-7-9-13(10-8-12)21-16-6-4-5-14(11(16)2)17(19)20/h4-10,15,18H,3H2,1-2H3/t15-/m0/s1. The van der Waals surface area contributed by atoms with Crippen molar-refractivity contribution in [2.45, 2.75) is 26.4 Å². The Kier molecular flexibility index (Phi) is 4.55. The van der Waals surface area contributed by atoms with E-state index in [9.17, 15) is 15.2 Å². The molecule has 0 bridgehead atoms. The van der Waals surface area contributed by atoms with Gasteiger partial charge in [-0.1, -0.05) is 25.1 Å². The van der Waals surface area contributed by atoms with Gasteiger partial charge in [-0.3, -0.25) is 10.1 Å². The van der Waals surface area contributed by atoms with E-state index in [0.29, 0.717) is 23.5 Å². The summed E-state index contributed by atoms with van der Waals surface area (Å²) in [5.41, 5.74) is 1.34. The molecule has 0 heterocycles. The van der Waals surface area contributed by atoms with E-state index in [2.05, 4.69) is 0 Å². The number of nitro benzene ring substituents is 1. The number of hydrogen-bond acceptors (Lipinski definition) is 4. The van der Waals surface area contributed by atoms with E-state index < -0.39 is 11.0 Å². The molecule has 1 atom stereocenters. The van der Waals surface area contributed by atoms with E-state index in [1.54, 1.807) is 43.3 Å². The van der Waals surface area contributed by atoms with Crippen molar-refractivity contribution in [2.75, 3.05) is 0 Å². The molecule has 0 spiro atoms. The second-order valence-electron chi connectivity index (χ2n) is 4.75. The van der Waals surface area contributed by atoms with Crippen molar-refractivity contribution in [1.29, 1.82) is 0 Å². The van der Waals surface area contributed by atoms with E-state index in [1.807, 2.05) is 6.92 Å². The van der Waals surface area contributed by atoms with Crippen LogP contribution in [-0.4, -0.2) is 10.0 Å². The molecule has 0 fully saturated rings. The van der Waals surface area contributed by atoms with Crippen molar-refractivity contribution in [2.24, 2.45) is 0 Å². The number of hydrogen-bond donors (Lipinski definition) is 1. The maximum absolute atomic E-state index is 10.9. The minimum absolute atomic E-state index is 0.0329. The van der Waals surface area contributed by atoms with E-state index in [-0.39, 0.29) is 5.69 Å². The van der Waals surface area contributed by atoms with E-state index >= 15 is 0 Å². The molecular formula is C16H17NO4. The largest absolute Gasteiger partial charge is 0.457 e. The van der Waals surface area contributed by atoms with Crippen LogP contribution in [0.15, 0.2) is 42.5 Å². The van der Waals surface area contributed by atoms with Crippen LogP contribution in [-0.2, 0) is 0 Å². The summed E-state index contributed by atoms with van der Waals surface area (Å²) in [6.07, 6.45) is 0.156. The van der Waals surface area contributed by atoms with Crippen LogP contribution < -0.4 is 4.74 Å². The summed E-state index contributed by atoms with van der Waals surface area (Å²) < 4.78 is 5.68. The molecular weight excluding hydrogens is 270 g/mol. The van der Waals surface area contributed by atoms with Crippen LogP contribution in [0, 0.1) is 17.0 Å². The molecule has 0 aliphatic heterocycles. The Morgan fingerprint density at radius 3 is 2.48 bits per heavy atom. The fourth-order valence-corrected chi connectivity index (χ4v) is 2.03. The normalized spacial score (nSPS) is 12.0. The van der Waals surface area contributed by atoms with Crippen molar-refractivity contribution < 1.29 is 14.8 Å². The summed E-state index contributed by atoms with van der Waals surface area (Å²) in [4.78, 5) is 10.5. The molecule has 110 valence electrons. The van der Waals surface area contributed by atoms with Gasteiger partial charge in [0.15, 0.2) is 0 Å². The first kappa shape index (κ1) is 15.0. The number of nitro groups is 1. The van der Waals surface area contributed by atoms with Gasteiger partial charge in [-0.15, -0.1) is 0 Å². The molecule has 0 aromatic heterocycles. The fourth-order valence-electron chi connectivity index (χ4n) is 2.03. The monoisotopic (exact) mass is 287 g/mol. The van der Waals surface area contributed by atoms with Gasteiger partial charge < -0.3 is 9.84 Å². The summed E-state index contributed by atoms with van der Waals surface area (Å²) in [6, 6.07) is 11.8. The third-order valence-electron chi connectivity index (χ3n) is 3.33. The predicted octanol–water partition coefficient (Wildman–Crippen LogP) is 4.14. The first-order valence-electron chi connectivity index (χ1n) is 6.72. The zero-order valence-electron chi connectivity index (χ0n) is 11.9. The lowest BCUT2D eigenvalue weighted by atomic mass is 10.1. The lowest BCUT2D eigenvalue weighted by molar-refractivity contribution is -0.385. The Hall–Kier alpha value is -2.40. The van der Waals surface area contributed by atoms with Crippen LogP contribution >= 0.6 is 0 Å². The van der Waals surface area contributed by atoms with Gasteiger partial charge in [-0.05, 0) is 37.1 Å². The van der Waals surface area contributed by atoms with Gasteiger partial charge in [0.2, 0.25) is 0 Å². The first-order valence-corrected chi connectivity index (χ1v) is 6.72. The highest BCUT2D eigenvalue weighted by Crippen LogP contribution is 2.31. The Balaban J connectivity index is 2.22. The molecule has 2 rings (SSSR count). The second kappa shape index (κ2) is 6.37. The van der Waals surface area contributed by atoms with Crippen LogP contribution in [0.2, 0.25) is 0 Å². The summed E-state index contributed by atoms with van der Waals surface area (Å²) in [7, 11) is 0. The smallest absolute Gasteiger partial charge is 0.276 e. The quantitative estimate of drug-likeness (QED) is 0.662. The van der Waals surface area contributed by atoms with Crippen LogP contribution in [0.25, 0.3) is 0 Å². The highest BCUT2D eigenvalue weighted by molar-refractivity contribution is 5.49. The van der Waals surface area contributed by atoms with Gasteiger partial charge in [-0.2, -0.15) is 0 Å². The van der Waals surface area contributed by atoms with Gasteiger partial charge in [0.25, 0.3) is 5.69 Å². The van der Waals surface area contributed by atoms with Gasteiger partial charge >= 0.3 is 0 Å². The fraction of sp³-hybridized carbons (Fsp3) is 0.250. The van der Waals surface area contributed by atoms with Crippen molar-refractivity contribution in [3.63, 3.8) is 0 Å². The second-order valence-corrected chi connectivity index (χ2v) is 4.75. The third kappa shape index (κ3) is 3.38. The van der Waals surface area contributed by atoms with Crippen molar-refractivity contribution in [1.82, 2.24) is 0 Å². The highest BCUT2D eigenvalue weighted by atomic mass is 16.6. The molecule has 2 aromatic rings. The summed E-state index contributed by atoms with van der Waals surface area (Å²) in [6.45, 7) is 3.56. The van der Waals surface area contributed by atoms with Gasteiger partial charge in [0.05, 0.1) is 16.6 Å². The summed E-state index contributed by atoms with van der Waals surface area (Å²) >= 11 is 0. The number of rotatable bonds is 5. The van der Waals surface area contributed by atoms with Crippen molar-refractivity contribution >= 4 is 5.69 Å². The molecule has 2 aromatic carbocycles. The zero-order chi connectivity index (χ0) is 15.4. The average molecular weight is 287 g/mol. The predicted molar refractivity (Wildman–Crippen MR) is 79.6 cm³/mol. The SMILES string of the molecule is CC[C@H](O)c1ccc(Oc2cccc([N+](=O)[O-])c2C)cc1. The van der Waals surface area contributed by atoms with Crippen molar-refractivity contribution in [3.05, 3.63) is 63.7 Å². The maximum Gasteiger partial charge on any atom is 0.276 e. The molecule has 5 nitrogen and oxygen atoms in total. The number of aliphatic hydroxyl groups excluding tert-OH is 1. The topological polar surface area (TPSA) is 72.6 Å².